The molecule has 1 atom stereocenters. The highest BCUT2D eigenvalue weighted by Gasteiger charge is 2.19. The molecule has 0 radical (unpaired) electrons. The lowest BCUT2D eigenvalue weighted by molar-refractivity contribution is 0.324. The van der Waals surface area contributed by atoms with Crippen LogP contribution in [0.25, 0.3) is 11.4 Å². The number of hydrogen-bond donors (Lipinski definition) is 2. The highest BCUT2D eigenvalue weighted by molar-refractivity contribution is 5.66. The maximum atomic E-state index is 6.08. The lowest BCUT2D eigenvalue weighted by Gasteiger charge is -2.13. The Balaban J connectivity index is 2.45. The molecular formula is C15H22N4O3. The summed E-state index contributed by atoms with van der Waals surface area (Å²) < 4.78 is 16.0. The average molecular weight is 306 g/mol. The van der Waals surface area contributed by atoms with Crippen LogP contribution in [0.1, 0.15) is 25.7 Å². The topological polar surface area (TPSA) is 95.3 Å². The van der Waals surface area contributed by atoms with Crippen molar-refractivity contribution in [3.05, 3.63) is 18.0 Å². The van der Waals surface area contributed by atoms with Gasteiger partial charge in [0.1, 0.15) is 5.82 Å². The molecule has 0 unspecified atom stereocenters. The molecule has 0 fully saturated rings. The van der Waals surface area contributed by atoms with E-state index in [9.17, 15) is 0 Å². The number of ether oxygens (including phenoxy) is 3. The Morgan fingerprint density at radius 2 is 1.64 bits per heavy atom. The zero-order valence-corrected chi connectivity index (χ0v) is 13.5. The van der Waals surface area contributed by atoms with E-state index in [1.54, 1.807) is 33.5 Å². The number of H-pyrrole nitrogens is 1. The predicted molar refractivity (Wildman–Crippen MR) is 83.2 cm³/mol. The molecule has 22 heavy (non-hydrogen) atoms. The molecule has 0 aliphatic heterocycles. The molecule has 3 N–H and O–H groups in total. The van der Waals surface area contributed by atoms with Crippen molar-refractivity contribution in [1.82, 2.24) is 15.2 Å². The predicted octanol–water partition coefficient (Wildman–Crippen LogP) is 2.15. The third kappa shape index (κ3) is 2.99. The Labute approximate surface area is 129 Å². The molecule has 7 heteroatoms. The van der Waals surface area contributed by atoms with Gasteiger partial charge in [-0.15, -0.1) is 0 Å². The second-order valence-corrected chi connectivity index (χ2v) is 5.23. The smallest absolute Gasteiger partial charge is 0.203 e. The van der Waals surface area contributed by atoms with Gasteiger partial charge in [-0.3, -0.25) is 5.10 Å². The van der Waals surface area contributed by atoms with E-state index in [0.717, 1.165) is 5.56 Å². The van der Waals surface area contributed by atoms with Crippen LogP contribution in [0.2, 0.25) is 0 Å². The third-order valence-corrected chi connectivity index (χ3v) is 3.46. The maximum absolute atomic E-state index is 6.08. The summed E-state index contributed by atoms with van der Waals surface area (Å²) in [6.45, 7) is 4.07. The third-order valence-electron chi connectivity index (χ3n) is 3.46. The summed E-state index contributed by atoms with van der Waals surface area (Å²) >= 11 is 0. The summed E-state index contributed by atoms with van der Waals surface area (Å²) in [6.07, 6.45) is 0. The molecule has 0 saturated carbocycles. The second kappa shape index (κ2) is 6.65. The Bertz CT molecular complexity index is 614. The number of nitrogens with two attached hydrogens (primary N) is 1. The Hall–Kier alpha value is -2.28. The number of methoxy groups -OCH3 is 3. The van der Waals surface area contributed by atoms with Crippen LogP contribution in [0.3, 0.4) is 0 Å². The van der Waals surface area contributed by atoms with Gasteiger partial charge in [0.25, 0.3) is 0 Å². The first-order valence-electron chi connectivity index (χ1n) is 7.00. The van der Waals surface area contributed by atoms with Crippen molar-refractivity contribution in [3.63, 3.8) is 0 Å². The number of benzene rings is 1. The van der Waals surface area contributed by atoms with Gasteiger partial charge in [0.05, 0.1) is 27.4 Å². The normalized spacial score (nSPS) is 12.3. The van der Waals surface area contributed by atoms with E-state index in [0.29, 0.717) is 28.9 Å². The van der Waals surface area contributed by atoms with Gasteiger partial charge in [-0.25, -0.2) is 4.98 Å². The minimum absolute atomic E-state index is 0.191. The number of nitrogens with zero attached hydrogens (tertiary/aromatic N) is 2. The first-order chi connectivity index (χ1) is 10.5. The van der Waals surface area contributed by atoms with Gasteiger partial charge in [-0.05, 0) is 18.1 Å². The standard InChI is InChI=1S/C15H22N4O3/c1-8(2)12(16)15-17-14(18-19-15)9-6-10(20-3)13(22-5)11(7-9)21-4/h6-8,12H,16H2,1-5H3,(H,17,18,19)/t12-/m0/s1. The van der Waals surface area contributed by atoms with Crippen molar-refractivity contribution in [1.29, 1.82) is 0 Å². The lowest BCUT2D eigenvalue weighted by Crippen LogP contribution is -2.18. The van der Waals surface area contributed by atoms with Crippen molar-refractivity contribution in [2.75, 3.05) is 21.3 Å². The van der Waals surface area contributed by atoms with E-state index in [1.807, 2.05) is 13.8 Å². The van der Waals surface area contributed by atoms with E-state index in [4.69, 9.17) is 19.9 Å². The van der Waals surface area contributed by atoms with Gasteiger partial charge in [-0.2, -0.15) is 5.10 Å². The number of aromatic nitrogens is 3. The average Bonchev–Trinajstić information content (AvgIpc) is 3.02. The van der Waals surface area contributed by atoms with Gasteiger partial charge in [0.15, 0.2) is 17.3 Å². The van der Waals surface area contributed by atoms with Crippen LogP contribution in [0.4, 0.5) is 0 Å². The molecule has 0 saturated heterocycles. The zero-order chi connectivity index (χ0) is 16.3. The van der Waals surface area contributed by atoms with Crippen LogP contribution in [0, 0.1) is 5.92 Å². The molecule has 2 rings (SSSR count). The molecular weight excluding hydrogens is 284 g/mol. The van der Waals surface area contributed by atoms with Crippen molar-refractivity contribution in [3.8, 4) is 28.6 Å². The largest absolute Gasteiger partial charge is 0.493 e. The van der Waals surface area contributed by atoms with Gasteiger partial charge in [0, 0.05) is 5.56 Å². The minimum Gasteiger partial charge on any atom is -0.493 e. The van der Waals surface area contributed by atoms with Gasteiger partial charge >= 0.3 is 0 Å². The van der Waals surface area contributed by atoms with Crippen LogP contribution in [-0.2, 0) is 0 Å². The van der Waals surface area contributed by atoms with Gasteiger partial charge < -0.3 is 19.9 Å². The molecule has 1 aromatic heterocycles. The quantitative estimate of drug-likeness (QED) is 0.849. The van der Waals surface area contributed by atoms with E-state index in [2.05, 4.69) is 15.2 Å². The summed E-state index contributed by atoms with van der Waals surface area (Å²) in [7, 11) is 4.70. The van der Waals surface area contributed by atoms with Crippen molar-refractivity contribution in [2.45, 2.75) is 19.9 Å². The summed E-state index contributed by atoms with van der Waals surface area (Å²) in [5.74, 6) is 3.08. The molecule has 7 nitrogen and oxygen atoms in total. The Morgan fingerprint density at radius 3 is 2.09 bits per heavy atom. The fraction of sp³-hybridized carbons (Fsp3) is 0.467. The molecule has 0 bridgehead atoms. The fourth-order valence-corrected chi connectivity index (χ4v) is 2.08. The summed E-state index contributed by atoms with van der Waals surface area (Å²) in [5.41, 5.74) is 6.84. The SMILES string of the molecule is COc1cc(-c2n[nH]c([C@@H](N)C(C)C)n2)cc(OC)c1OC. The van der Waals surface area contributed by atoms with E-state index in [-0.39, 0.29) is 12.0 Å². The number of nitrogens with one attached hydrogen (secondary N) is 1. The van der Waals surface area contributed by atoms with Crippen molar-refractivity contribution < 1.29 is 14.2 Å². The molecule has 1 heterocycles. The number of hydrogen-bond acceptors (Lipinski definition) is 6. The van der Waals surface area contributed by atoms with Crippen LogP contribution >= 0.6 is 0 Å². The van der Waals surface area contributed by atoms with Crippen LogP contribution in [0.15, 0.2) is 12.1 Å². The van der Waals surface area contributed by atoms with Crippen molar-refractivity contribution in [2.24, 2.45) is 11.7 Å². The molecule has 0 aliphatic rings. The van der Waals surface area contributed by atoms with E-state index in [1.165, 1.54) is 0 Å². The summed E-state index contributed by atoms with van der Waals surface area (Å²) in [4.78, 5) is 4.46. The highest BCUT2D eigenvalue weighted by Crippen LogP contribution is 2.40. The van der Waals surface area contributed by atoms with E-state index >= 15 is 0 Å². The Kier molecular flexibility index (Phi) is 4.87. The summed E-state index contributed by atoms with van der Waals surface area (Å²) in [6, 6.07) is 3.41. The molecule has 1 aromatic carbocycles. The van der Waals surface area contributed by atoms with Crippen LogP contribution in [0.5, 0.6) is 17.2 Å². The lowest BCUT2D eigenvalue weighted by atomic mass is 10.1. The number of rotatable bonds is 6. The van der Waals surface area contributed by atoms with Gasteiger partial charge in [0.2, 0.25) is 5.75 Å². The molecule has 0 amide bonds. The van der Waals surface area contributed by atoms with Gasteiger partial charge in [-0.1, -0.05) is 13.8 Å². The molecule has 0 aliphatic carbocycles. The molecule has 0 spiro atoms. The van der Waals surface area contributed by atoms with Crippen LogP contribution < -0.4 is 19.9 Å². The first kappa shape index (κ1) is 16.1. The molecule has 120 valence electrons. The summed E-state index contributed by atoms with van der Waals surface area (Å²) in [5, 5.41) is 7.12. The zero-order valence-electron chi connectivity index (χ0n) is 13.5. The van der Waals surface area contributed by atoms with E-state index < -0.39 is 0 Å². The van der Waals surface area contributed by atoms with Crippen molar-refractivity contribution >= 4 is 0 Å². The Morgan fingerprint density at radius 1 is 1.05 bits per heavy atom. The highest BCUT2D eigenvalue weighted by atomic mass is 16.5. The maximum Gasteiger partial charge on any atom is 0.203 e. The monoisotopic (exact) mass is 306 g/mol. The first-order valence-corrected chi connectivity index (χ1v) is 7.00. The second-order valence-electron chi connectivity index (χ2n) is 5.23. The van der Waals surface area contributed by atoms with Crippen LogP contribution in [-0.4, -0.2) is 36.5 Å². The molecule has 2 aromatic rings. The fourth-order valence-electron chi connectivity index (χ4n) is 2.08. The minimum atomic E-state index is -0.191. The number of aromatic amines is 1.